The molecule has 1 amide bonds. The highest BCUT2D eigenvalue weighted by molar-refractivity contribution is 14.1. The third-order valence-corrected chi connectivity index (χ3v) is 4.57. The van der Waals surface area contributed by atoms with Gasteiger partial charge in [-0.05, 0) is 70.8 Å². The van der Waals surface area contributed by atoms with E-state index in [1.165, 1.54) is 5.56 Å². The lowest BCUT2D eigenvalue weighted by Gasteiger charge is -2.13. The summed E-state index contributed by atoms with van der Waals surface area (Å²) >= 11 is 5.80. The number of carbonyl (C=O) groups is 1. The van der Waals surface area contributed by atoms with Crippen LogP contribution in [0.4, 0.5) is 4.79 Å². The van der Waals surface area contributed by atoms with Crippen LogP contribution >= 0.6 is 38.5 Å². The molecule has 1 rings (SSSR count). The molecule has 0 fully saturated rings. The first-order valence-electron chi connectivity index (χ1n) is 7.35. The fourth-order valence-electron chi connectivity index (χ4n) is 1.72. The van der Waals surface area contributed by atoms with Gasteiger partial charge in [-0.15, -0.1) is 0 Å². The van der Waals surface area contributed by atoms with Crippen molar-refractivity contribution in [3.05, 3.63) is 19.8 Å². The molecule has 0 unspecified atom stereocenters. The number of rotatable bonds is 8. The zero-order chi connectivity index (χ0) is 16.5. The van der Waals surface area contributed by atoms with E-state index in [2.05, 4.69) is 55.7 Å². The standard InChI is InChI=1S/C15H22BrIN2O3/c1-4-5-6-11-12(16)9-19-14(13(11)17)21-8-7-18-15(20)22-10(2)3/h9-10H,4-8H2,1-3H3,(H,18,20). The Morgan fingerprint density at radius 2 is 2.23 bits per heavy atom. The van der Waals surface area contributed by atoms with E-state index >= 15 is 0 Å². The van der Waals surface area contributed by atoms with Gasteiger partial charge in [0.2, 0.25) is 5.88 Å². The van der Waals surface area contributed by atoms with Gasteiger partial charge in [-0.1, -0.05) is 13.3 Å². The average Bonchev–Trinajstić information content (AvgIpc) is 2.44. The number of amides is 1. The van der Waals surface area contributed by atoms with Crippen molar-refractivity contribution >= 4 is 44.6 Å². The third-order valence-electron chi connectivity index (χ3n) is 2.77. The number of alkyl carbamates (subject to hydrolysis) is 1. The summed E-state index contributed by atoms with van der Waals surface area (Å²) in [5.41, 5.74) is 1.22. The lowest BCUT2D eigenvalue weighted by Crippen LogP contribution is -2.30. The van der Waals surface area contributed by atoms with Gasteiger partial charge in [0.1, 0.15) is 6.61 Å². The summed E-state index contributed by atoms with van der Waals surface area (Å²) in [6.45, 7) is 6.51. The molecule has 1 aromatic rings. The van der Waals surface area contributed by atoms with Gasteiger partial charge in [-0.25, -0.2) is 9.78 Å². The Morgan fingerprint density at radius 1 is 1.50 bits per heavy atom. The Morgan fingerprint density at radius 3 is 2.86 bits per heavy atom. The molecule has 0 saturated heterocycles. The maximum absolute atomic E-state index is 11.3. The molecule has 124 valence electrons. The Balaban J connectivity index is 2.51. The molecule has 0 aromatic carbocycles. The highest BCUT2D eigenvalue weighted by atomic mass is 127. The lowest BCUT2D eigenvalue weighted by atomic mass is 10.1. The smallest absolute Gasteiger partial charge is 0.407 e. The van der Waals surface area contributed by atoms with Crippen LogP contribution in [0.5, 0.6) is 5.88 Å². The van der Waals surface area contributed by atoms with E-state index in [0.29, 0.717) is 19.0 Å². The first-order valence-corrected chi connectivity index (χ1v) is 9.23. The number of carbonyl (C=O) groups excluding carboxylic acids is 1. The van der Waals surface area contributed by atoms with Crippen molar-refractivity contribution in [2.75, 3.05) is 13.2 Å². The van der Waals surface area contributed by atoms with Crippen molar-refractivity contribution in [1.29, 1.82) is 0 Å². The molecule has 0 aliphatic heterocycles. The number of pyridine rings is 1. The highest BCUT2D eigenvalue weighted by Gasteiger charge is 2.12. The first-order chi connectivity index (χ1) is 10.5. The summed E-state index contributed by atoms with van der Waals surface area (Å²) in [5, 5.41) is 2.64. The maximum atomic E-state index is 11.3. The van der Waals surface area contributed by atoms with Crippen LogP contribution in [0.3, 0.4) is 0 Å². The van der Waals surface area contributed by atoms with E-state index in [0.717, 1.165) is 27.3 Å². The summed E-state index contributed by atoms with van der Waals surface area (Å²) in [6.07, 6.45) is 4.47. The largest absolute Gasteiger partial charge is 0.475 e. The number of unbranched alkanes of at least 4 members (excludes halogenated alkanes) is 1. The van der Waals surface area contributed by atoms with Crippen LogP contribution < -0.4 is 10.1 Å². The summed E-state index contributed by atoms with van der Waals surface area (Å²) in [7, 11) is 0. The van der Waals surface area contributed by atoms with E-state index in [-0.39, 0.29) is 6.10 Å². The number of ether oxygens (including phenoxy) is 2. The quantitative estimate of drug-likeness (QED) is 0.441. The first kappa shape index (κ1) is 19.5. The number of halogens is 2. The predicted octanol–water partition coefficient (Wildman–Crippen LogP) is 4.30. The van der Waals surface area contributed by atoms with Gasteiger partial charge in [0, 0.05) is 10.7 Å². The molecule has 0 atom stereocenters. The van der Waals surface area contributed by atoms with Crippen LogP contribution in [-0.2, 0) is 11.2 Å². The minimum Gasteiger partial charge on any atom is -0.475 e. The molecule has 7 heteroatoms. The van der Waals surface area contributed by atoms with Gasteiger partial charge in [0.15, 0.2) is 0 Å². The fraction of sp³-hybridized carbons (Fsp3) is 0.600. The summed E-state index contributed by atoms with van der Waals surface area (Å²) in [6, 6.07) is 0. The van der Waals surface area contributed by atoms with Crippen molar-refractivity contribution < 1.29 is 14.3 Å². The molecule has 0 saturated carbocycles. The van der Waals surface area contributed by atoms with E-state index in [1.54, 1.807) is 6.20 Å². The topological polar surface area (TPSA) is 60.5 Å². The number of nitrogens with one attached hydrogen (secondary N) is 1. The normalized spacial score (nSPS) is 10.6. The van der Waals surface area contributed by atoms with Crippen LogP contribution in [0.1, 0.15) is 39.2 Å². The van der Waals surface area contributed by atoms with Crippen molar-refractivity contribution in [3.63, 3.8) is 0 Å². The molecule has 0 radical (unpaired) electrons. The van der Waals surface area contributed by atoms with Crippen LogP contribution in [0.15, 0.2) is 10.7 Å². The van der Waals surface area contributed by atoms with E-state index in [9.17, 15) is 4.79 Å². The molecular weight excluding hydrogens is 463 g/mol. The second-order valence-electron chi connectivity index (χ2n) is 5.04. The Kier molecular flexibility index (Phi) is 9.08. The molecule has 0 aliphatic carbocycles. The van der Waals surface area contributed by atoms with E-state index < -0.39 is 6.09 Å². The van der Waals surface area contributed by atoms with Crippen molar-refractivity contribution in [2.24, 2.45) is 0 Å². The minimum absolute atomic E-state index is 0.129. The van der Waals surface area contributed by atoms with Gasteiger partial charge >= 0.3 is 6.09 Å². The van der Waals surface area contributed by atoms with Crippen molar-refractivity contribution in [3.8, 4) is 5.88 Å². The number of hydrogen-bond donors (Lipinski definition) is 1. The fourth-order valence-corrected chi connectivity index (χ4v) is 3.45. The highest BCUT2D eigenvalue weighted by Crippen LogP contribution is 2.29. The summed E-state index contributed by atoms with van der Waals surface area (Å²) < 4.78 is 12.7. The van der Waals surface area contributed by atoms with Gasteiger partial charge < -0.3 is 14.8 Å². The zero-order valence-electron chi connectivity index (χ0n) is 13.1. The van der Waals surface area contributed by atoms with E-state index in [1.807, 2.05) is 13.8 Å². The molecule has 1 heterocycles. The molecule has 5 nitrogen and oxygen atoms in total. The monoisotopic (exact) mass is 484 g/mol. The van der Waals surface area contributed by atoms with E-state index in [4.69, 9.17) is 9.47 Å². The number of hydrogen-bond acceptors (Lipinski definition) is 4. The van der Waals surface area contributed by atoms with Crippen molar-refractivity contribution in [1.82, 2.24) is 10.3 Å². The molecule has 1 N–H and O–H groups in total. The third kappa shape index (κ3) is 6.68. The molecule has 0 spiro atoms. The van der Waals surface area contributed by atoms with Crippen LogP contribution in [0, 0.1) is 3.57 Å². The van der Waals surface area contributed by atoms with Gasteiger partial charge in [0.05, 0.1) is 16.2 Å². The molecular formula is C15H22BrIN2O3. The number of nitrogens with zero attached hydrogens (tertiary/aromatic N) is 1. The lowest BCUT2D eigenvalue weighted by molar-refractivity contribution is 0.114. The van der Waals surface area contributed by atoms with Gasteiger partial charge in [-0.2, -0.15) is 0 Å². The summed E-state index contributed by atoms with van der Waals surface area (Å²) in [5.74, 6) is 0.605. The Hall–Kier alpha value is -0.570. The Labute approximate surface area is 153 Å². The van der Waals surface area contributed by atoms with Gasteiger partial charge in [-0.3, -0.25) is 0 Å². The molecule has 22 heavy (non-hydrogen) atoms. The minimum atomic E-state index is -0.430. The van der Waals surface area contributed by atoms with Crippen LogP contribution in [0.25, 0.3) is 0 Å². The maximum Gasteiger partial charge on any atom is 0.407 e. The van der Waals surface area contributed by atoms with Gasteiger partial charge in [0.25, 0.3) is 0 Å². The predicted molar refractivity (Wildman–Crippen MR) is 98.4 cm³/mol. The molecule has 0 aliphatic rings. The van der Waals surface area contributed by atoms with Crippen molar-refractivity contribution in [2.45, 2.75) is 46.1 Å². The van der Waals surface area contributed by atoms with Crippen LogP contribution in [0.2, 0.25) is 0 Å². The molecule has 1 aromatic heterocycles. The average molecular weight is 485 g/mol. The Bertz CT molecular complexity index is 498. The summed E-state index contributed by atoms with van der Waals surface area (Å²) in [4.78, 5) is 15.6. The number of aromatic nitrogens is 1. The van der Waals surface area contributed by atoms with Crippen LogP contribution in [-0.4, -0.2) is 30.3 Å². The second kappa shape index (κ2) is 10.3. The second-order valence-corrected chi connectivity index (χ2v) is 6.97. The SMILES string of the molecule is CCCCc1c(Br)cnc(OCCNC(=O)OC(C)C)c1I. The zero-order valence-corrected chi connectivity index (χ0v) is 16.9. The molecule has 0 bridgehead atoms.